The Morgan fingerprint density at radius 2 is 1.53 bits per heavy atom. The van der Waals surface area contributed by atoms with Crippen LogP contribution >= 0.6 is 0 Å². The van der Waals surface area contributed by atoms with E-state index in [9.17, 15) is 9.59 Å². The van der Waals surface area contributed by atoms with Crippen LogP contribution < -0.4 is 4.90 Å². The molecule has 0 N–H and O–H groups in total. The van der Waals surface area contributed by atoms with Gasteiger partial charge in [-0.15, -0.1) is 0 Å². The summed E-state index contributed by atoms with van der Waals surface area (Å²) >= 11 is 0. The van der Waals surface area contributed by atoms with E-state index in [0.717, 1.165) is 30.6 Å². The van der Waals surface area contributed by atoms with Gasteiger partial charge in [-0.25, -0.2) is 0 Å². The van der Waals surface area contributed by atoms with Crippen molar-refractivity contribution in [1.29, 1.82) is 0 Å². The van der Waals surface area contributed by atoms with E-state index in [4.69, 9.17) is 0 Å². The molecule has 2 amide bonds. The van der Waals surface area contributed by atoms with E-state index in [1.807, 2.05) is 65.3 Å². The molecular weight excluding hydrogens is 372 g/mol. The summed E-state index contributed by atoms with van der Waals surface area (Å²) in [6.45, 7) is 3.89. The Hall–Kier alpha value is -3.40. The number of nitrogens with zero attached hydrogens (tertiary/aromatic N) is 2. The van der Waals surface area contributed by atoms with Crippen LogP contribution in [0, 0.1) is 0 Å². The Balaban J connectivity index is 1.50. The highest BCUT2D eigenvalue weighted by molar-refractivity contribution is 6.07. The first-order valence-electron chi connectivity index (χ1n) is 10.5. The number of hydrogen-bond acceptors (Lipinski definition) is 2. The SMILES string of the molecule is CCN(Cc1ccccc1)C(=O)c1ccc(C(=O)N2CCCc3ccccc32)cc1. The van der Waals surface area contributed by atoms with Crippen LogP contribution in [-0.2, 0) is 13.0 Å². The van der Waals surface area contributed by atoms with Crippen molar-refractivity contribution < 1.29 is 9.59 Å². The summed E-state index contributed by atoms with van der Waals surface area (Å²) in [5, 5.41) is 0. The van der Waals surface area contributed by atoms with Gasteiger partial charge in [0.05, 0.1) is 0 Å². The normalized spacial score (nSPS) is 12.9. The monoisotopic (exact) mass is 398 g/mol. The van der Waals surface area contributed by atoms with Gasteiger partial charge in [0.15, 0.2) is 0 Å². The second-order valence-electron chi connectivity index (χ2n) is 7.57. The van der Waals surface area contributed by atoms with Gasteiger partial charge in [-0.2, -0.15) is 0 Å². The van der Waals surface area contributed by atoms with Crippen LogP contribution in [0.15, 0.2) is 78.9 Å². The molecule has 3 aromatic rings. The molecule has 0 radical (unpaired) electrons. The lowest BCUT2D eigenvalue weighted by molar-refractivity contribution is 0.0752. The molecule has 0 atom stereocenters. The van der Waals surface area contributed by atoms with Crippen LogP contribution in [0.4, 0.5) is 5.69 Å². The van der Waals surface area contributed by atoms with Gasteiger partial charge in [0.1, 0.15) is 0 Å². The lowest BCUT2D eigenvalue weighted by Crippen LogP contribution is -2.35. The summed E-state index contributed by atoms with van der Waals surface area (Å²) in [6.07, 6.45) is 1.96. The summed E-state index contributed by atoms with van der Waals surface area (Å²) in [4.78, 5) is 29.7. The van der Waals surface area contributed by atoms with Crippen molar-refractivity contribution in [2.45, 2.75) is 26.3 Å². The average molecular weight is 399 g/mol. The van der Waals surface area contributed by atoms with Crippen LogP contribution in [0.3, 0.4) is 0 Å². The zero-order chi connectivity index (χ0) is 20.9. The van der Waals surface area contributed by atoms with Crippen LogP contribution in [-0.4, -0.2) is 29.8 Å². The minimum atomic E-state index is -0.0244. The van der Waals surface area contributed by atoms with E-state index in [1.54, 1.807) is 24.3 Å². The number of hydrogen-bond donors (Lipinski definition) is 0. The van der Waals surface area contributed by atoms with Gasteiger partial charge in [-0.05, 0) is 61.2 Å². The molecule has 1 heterocycles. The third-order valence-corrected chi connectivity index (χ3v) is 5.62. The number of amides is 2. The Morgan fingerprint density at radius 1 is 0.867 bits per heavy atom. The Morgan fingerprint density at radius 3 is 2.27 bits per heavy atom. The number of carbonyl (C=O) groups is 2. The van der Waals surface area contributed by atoms with Gasteiger partial charge >= 0.3 is 0 Å². The molecule has 1 aliphatic rings. The molecule has 0 saturated heterocycles. The van der Waals surface area contributed by atoms with E-state index in [0.29, 0.717) is 24.2 Å². The third-order valence-electron chi connectivity index (χ3n) is 5.62. The first-order valence-corrected chi connectivity index (χ1v) is 10.5. The standard InChI is InChI=1S/C26H26N2O2/c1-2-27(19-20-9-4-3-5-10-20)25(29)22-14-16-23(17-15-22)26(30)28-18-8-12-21-11-6-7-13-24(21)28/h3-7,9-11,13-17H,2,8,12,18-19H2,1H3. The Kier molecular flexibility index (Phi) is 5.94. The molecule has 0 aromatic heterocycles. The number of para-hydroxylation sites is 1. The number of aryl methyl sites for hydroxylation is 1. The van der Waals surface area contributed by atoms with Crippen molar-refractivity contribution in [2.75, 3.05) is 18.0 Å². The molecule has 3 aromatic carbocycles. The molecule has 1 aliphatic heterocycles. The van der Waals surface area contributed by atoms with Crippen LogP contribution in [0.1, 0.15) is 45.2 Å². The van der Waals surface area contributed by atoms with Crippen LogP contribution in [0.2, 0.25) is 0 Å². The van der Waals surface area contributed by atoms with Crippen molar-refractivity contribution in [2.24, 2.45) is 0 Å². The van der Waals surface area contributed by atoms with E-state index < -0.39 is 0 Å². The smallest absolute Gasteiger partial charge is 0.258 e. The Labute approximate surface area is 177 Å². The average Bonchev–Trinajstić information content (AvgIpc) is 2.82. The maximum absolute atomic E-state index is 13.1. The van der Waals surface area contributed by atoms with Gasteiger partial charge in [-0.3, -0.25) is 9.59 Å². The number of fused-ring (bicyclic) bond motifs is 1. The molecule has 4 rings (SSSR count). The van der Waals surface area contributed by atoms with Crippen LogP contribution in [0.5, 0.6) is 0 Å². The lowest BCUT2D eigenvalue weighted by atomic mass is 10.0. The van der Waals surface area contributed by atoms with Gasteiger partial charge in [0.25, 0.3) is 11.8 Å². The summed E-state index contributed by atoms with van der Waals surface area (Å²) in [5.41, 5.74) is 4.51. The second kappa shape index (κ2) is 8.95. The van der Waals surface area contributed by atoms with Crippen molar-refractivity contribution in [3.05, 3.63) is 101 Å². The fourth-order valence-electron chi connectivity index (χ4n) is 3.97. The minimum absolute atomic E-state index is 0.0159. The van der Waals surface area contributed by atoms with E-state index >= 15 is 0 Å². The molecule has 0 spiro atoms. The van der Waals surface area contributed by atoms with Crippen molar-refractivity contribution in [1.82, 2.24) is 4.90 Å². The van der Waals surface area contributed by atoms with Gasteiger partial charge in [0, 0.05) is 36.4 Å². The quantitative estimate of drug-likeness (QED) is 0.611. The third kappa shape index (κ3) is 4.13. The summed E-state index contributed by atoms with van der Waals surface area (Å²) < 4.78 is 0. The van der Waals surface area contributed by atoms with Gasteiger partial charge in [-0.1, -0.05) is 48.5 Å². The number of anilines is 1. The maximum atomic E-state index is 13.1. The summed E-state index contributed by atoms with van der Waals surface area (Å²) in [7, 11) is 0. The molecule has 0 fully saturated rings. The number of carbonyl (C=O) groups excluding carboxylic acids is 2. The largest absolute Gasteiger partial charge is 0.335 e. The molecule has 0 aliphatic carbocycles. The number of rotatable bonds is 5. The van der Waals surface area contributed by atoms with Gasteiger partial charge in [0.2, 0.25) is 0 Å². The van der Waals surface area contributed by atoms with E-state index in [1.165, 1.54) is 5.56 Å². The molecule has 152 valence electrons. The predicted octanol–water partition coefficient (Wildman–Crippen LogP) is 4.94. The Bertz CT molecular complexity index is 1030. The molecule has 0 unspecified atom stereocenters. The van der Waals surface area contributed by atoms with Gasteiger partial charge < -0.3 is 9.80 Å². The second-order valence-corrected chi connectivity index (χ2v) is 7.57. The first-order chi connectivity index (χ1) is 14.7. The topological polar surface area (TPSA) is 40.6 Å². The first kappa shape index (κ1) is 19.9. The predicted molar refractivity (Wildman–Crippen MR) is 120 cm³/mol. The van der Waals surface area contributed by atoms with E-state index in [-0.39, 0.29) is 11.8 Å². The minimum Gasteiger partial charge on any atom is -0.335 e. The van der Waals surface area contributed by atoms with Crippen molar-refractivity contribution >= 4 is 17.5 Å². The number of benzene rings is 3. The fraction of sp³-hybridized carbons (Fsp3) is 0.231. The molecule has 4 heteroatoms. The summed E-state index contributed by atoms with van der Waals surface area (Å²) in [5.74, 6) is -0.0403. The highest BCUT2D eigenvalue weighted by Gasteiger charge is 2.23. The van der Waals surface area contributed by atoms with Crippen molar-refractivity contribution in [3.8, 4) is 0 Å². The van der Waals surface area contributed by atoms with Crippen LogP contribution in [0.25, 0.3) is 0 Å². The zero-order valence-electron chi connectivity index (χ0n) is 17.3. The lowest BCUT2D eigenvalue weighted by Gasteiger charge is -2.29. The molecular formula is C26H26N2O2. The van der Waals surface area contributed by atoms with Crippen molar-refractivity contribution in [3.63, 3.8) is 0 Å². The fourth-order valence-corrected chi connectivity index (χ4v) is 3.97. The molecule has 0 bridgehead atoms. The molecule has 0 saturated carbocycles. The summed E-state index contributed by atoms with van der Waals surface area (Å²) in [6, 6.07) is 25.1. The highest BCUT2D eigenvalue weighted by Crippen LogP contribution is 2.28. The highest BCUT2D eigenvalue weighted by atomic mass is 16.2. The molecule has 30 heavy (non-hydrogen) atoms. The molecule has 4 nitrogen and oxygen atoms in total. The zero-order valence-corrected chi connectivity index (χ0v) is 17.3. The maximum Gasteiger partial charge on any atom is 0.258 e. The van der Waals surface area contributed by atoms with E-state index in [2.05, 4.69) is 6.07 Å².